The van der Waals surface area contributed by atoms with Gasteiger partial charge in [-0.25, -0.2) is 8.78 Å². The van der Waals surface area contributed by atoms with Crippen LogP contribution in [0.1, 0.15) is 36.5 Å². The normalized spacial score (nSPS) is 18.7. The van der Waals surface area contributed by atoms with E-state index in [1.807, 2.05) is 4.90 Å². The summed E-state index contributed by atoms with van der Waals surface area (Å²) in [5.41, 5.74) is 1.20. The molecule has 3 atom stereocenters. The molecule has 0 radical (unpaired) electrons. The first-order valence-electron chi connectivity index (χ1n) is 12.0. The summed E-state index contributed by atoms with van der Waals surface area (Å²) in [6.07, 6.45) is 2.05. The number of nitrogens with zero attached hydrogens (tertiary/aromatic N) is 2. The Balaban J connectivity index is 1.41. The molecular weight excluding hydrogens is 502 g/mol. The van der Waals surface area contributed by atoms with Crippen molar-refractivity contribution in [3.05, 3.63) is 70.4 Å². The number of fused-ring (bicyclic) bond motifs is 1. The fraction of sp³-hybridized carbons (Fsp3) is 0.357. The zero-order chi connectivity index (χ0) is 26.5. The van der Waals surface area contributed by atoms with E-state index in [9.17, 15) is 23.8 Å². The van der Waals surface area contributed by atoms with Crippen LogP contribution in [0.2, 0.25) is 5.02 Å². The molecular formula is C28H27ClF2N2O4. The molecule has 6 nitrogen and oxygen atoms in total. The van der Waals surface area contributed by atoms with Crippen molar-refractivity contribution in [3.63, 3.8) is 0 Å². The van der Waals surface area contributed by atoms with Gasteiger partial charge in [-0.05, 0) is 68.1 Å². The van der Waals surface area contributed by atoms with Crippen LogP contribution in [0.3, 0.4) is 0 Å². The summed E-state index contributed by atoms with van der Waals surface area (Å²) in [6.45, 7) is 1.14. The van der Waals surface area contributed by atoms with Gasteiger partial charge in [0, 0.05) is 23.7 Å². The fourth-order valence-corrected chi connectivity index (χ4v) is 5.10. The van der Waals surface area contributed by atoms with E-state index in [2.05, 4.69) is 16.8 Å². The second-order valence-electron chi connectivity index (χ2n) is 9.15. The topological polar surface area (TPSA) is 82.9 Å². The van der Waals surface area contributed by atoms with E-state index in [4.69, 9.17) is 16.3 Å². The van der Waals surface area contributed by atoms with Gasteiger partial charge in [0.1, 0.15) is 17.4 Å². The number of aliphatic hydroxyl groups excluding tert-OH is 1. The molecule has 37 heavy (non-hydrogen) atoms. The highest BCUT2D eigenvalue weighted by Crippen LogP contribution is 2.36. The number of aromatic nitrogens is 1. The summed E-state index contributed by atoms with van der Waals surface area (Å²) >= 11 is 6.40. The summed E-state index contributed by atoms with van der Waals surface area (Å²) < 4.78 is 32.4. The number of aliphatic carboxylic acids is 1. The number of methoxy groups -OCH3 is 1. The Labute approximate surface area is 218 Å². The molecule has 4 rings (SSSR count). The third-order valence-electron chi connectivity index (χ3n) is 6.82. The molecule has 0 spiro atoms. The lowest BCUT2D eigenvalue weighted by Gasteiger charge is -2.36. The van der Waals surface area contributed by atoms with E-state index >= 15 is 0 Å². The minimum Gasteiger partial charge on any atom is -0.497 e. The molecule has 0 bridgehead atoms. The highest BCUT2D eigenvalue weighted by atomic mass is 35.5. The summed E-state index contributed by atoms with van der Waals surface area (Å²) in [6, 6.07) is 8.45. The van der Waals surface area contributed by atoms with Gasteiger partial charge in [0.15, 0.2) is 0 Å². The molecule has 1 aromatic heterocycles. The van der Waals surface area contributed by atoms with E-state index in [1.165, 1.54) is 6.20 Å². The first kappa shape index (κ1) is 26.8. The molecule has 194 valence electrons. The van der Waals surface area contributed by atoms with E-state index in [1.54, 1.807) is 25.3 Å². The number of carboxylic acid groups (broad SMARTS) is 1. The Kier molecular flexibility index (Phi) is 8.59. The minimum absolute atomic E-state index is 0.0291. The number of halogens is 3. The second-order valence-corrected chi connectivity index (χ2v) is 9.56. The molecule has 1 saturated heterocycles. The largest absolute Gasteiger partial charge is 0.497 e. The lowest BCUT2D eigenvalue weighted by molar-refractivity contribution is -0.146. The standard InChI is InChI=1S/C28H27ClF2N2O4/c1-37-20-6-8-25-21(14-20)27(23(29)15-32-25)26(34)9-4-17-10-12-33(16-22(17)28(35)36)11-2-3-18-13-19(30)5-7-24(18)31/h5-8,13-15,17,22,26,34H,4,9-12,16H2,1H3,(H,35,36)/t17-,22+,26-/m0/s1. The number of benzene rings is 2. The van der Waals surface area contributed by atoms with E-state index < -0.39 is 29.6 Å². The zero-order valence-electron chi connectivity index (χ0n) is 20.3. The van der Waals surface area contributed by atoms with Crippen molar-refractivity contribution in [2.75, 3.05) is 26.7 Å². The Morgan fingerprint density at radius 1 is 1.30 bits per heavy atom. The number of hydrogen-bond donors (Lipinski definition) is 2. The number of ether oxygens (including phenoxy) is 1. The van der Waals surface area contributed by atoms with Gasteiger partial charge in [0.2, 0.25) is 0 Å². The van der Waals surface area contributed by atoms with Crippen LogP contribution in [0.5, 0.6) is 5.75 Å². The molecule has 0 aliphatic carbocycles. The number of hydrogen-bond acceptors (Lipinski definition) is 5. The predicted octanol–water partition coefficient (Wildman–Crippen LogP) is 5.06. The van der Waals surface area contributed by atoms with Crippen molar-refractivity contribution in [2.24, 2.45) is 11.8 Å². The number of likely N-dealkylation sites (tertiary alicyclic amines) is 1. The average molecular weight is 529 g/mol. The number of pyridine rings is 1. The molecule has 0 saturated carbocycles. The van der Waals surface area contributed by atoms with Crippen molar-refractivity contribution in [2.45, 2.75) is 25.4 Å². The number of aliphatic hydroxyl groups is 1. The summed E-state index contributed by atoms with van der Waals surface area (Å²) in [7, 11) is 1.55. The van der Waals surface area contributed by atoms with E-state index in [0.717, 1.165) is 18.2 Å². The van der Waals surface area contributed by atoms with Crippen LogP contribution in [0.25, 0.3) is 10.9 Å². The van der Waals surface area contributed by atoms with Gasteiger partial charge in [0.05, 0.1) is 41.8 Å². The van der Waals surface area contributed by atoms with Gasteiger partial charge >= 0.3 is 5.97 Å². The quantitative estimate of drug-likeness (QED) is 0.417. The summed E-state index contributed by atoms with van der Waals surface area (Å²) in [5.74, 6) is 3.21. The number of carboxylic acids is 1. The first-order chi connectivity index (χ1) is 17.8. The lowest BCUT2D eigenvalue weighted by atomic mass is 9.81. The van der Waals surface area contributed by atoms with Crippen molar-refractivity contribution in [1.82, 2.24) is 9.88 Å². The first-order valence-corrected chi connectivity index (χ1v) is 12.3. The van der Waals surface area contributed by atoms with Crippen molar-refractivity contribution < 1.29 is 28.5 Å². The van der Waals surface area contributed by atoms with E-state index in [0.29, 0.717) is 53.0 Å². The Morgan fingerprint density at radius 2 is 2.11 bits per heavy atom. The maximum Gasteiger partial charge on any atom is 0.308 e. The molecule has 1 fully saturated rings. The molecule has 3 aromatic rings. The maximum atomic E-state index is 13.8. The van der Waals surface area contributed by atoms with Crippen LogP contribution < -0.4 is 4.74 Å². The summed E-state index contributed by atoms with van der Waals surface area (Å²) in [4.78, 5) is 18.3. The smallest absolute Gasteiger partial charge is 0.308 e. The van der Waals surface area contributed by atoms with Crippen LogP contribution in [0, 0.1) is 35.3 Å². The van der Waals surface area contributed by atoms with Gasteiger partial charge < -0.3 is 14.9 Å². The van der Waals surface area contributed by atoms with Crippen LogP contribution in [-0.4, -0.2) is 52.8 Å². The molecule has 2 heterocycles. The van der Waals surface area contributed by atoms with Crippen LogP contribution in [-0.2, 0) is 4.79 Å². The maximum absolute atomic E-state index is 13.8. The van der Waals surface area contributed by atoms with Crippen LogP contribution in [0.15, 0.2) is 42.6 Å². The van der Waals surface area contributed by atoms with Crippen molar-refractivity contribution in [3.8, 4) is 17.6 Å². The Bertz CT molecular complexity index is 1360. The molecule has 9 heteroatoms. The second kappa shape index (κ2) is 11.9. The van der Waals surface area contributed by atoms with Crippen molar-refractivity contribution >= 4 is 28.5 Å². The average Bonchev–Trinajstić information content (AvgIpc) is 2.89. The van der Waals surface area contributed by atoms with Crippen molar-refractivity contribution in [1.29, 1.82) is 0 Å². The highest BCUT2D eigenvalue weighted by molar-refractivity contribution is 6.32. The third-order valence-corrected chi connectivity index (χ3v) is 7.12. The highest BCUT2D eigenvalue weighted by Gasteiger charge is 2.34. The fourth-order valence-electron chi connectivity index (χ4n) is 4.83. The number of carbonyl (C=O) groups is 1. The van der Waals surface area contributed by atoms with E-state index in [-0.39, 0.29) is 24.6 Å². The Hall–Kier alpha value is -3.25. The zero-order valence-corrected chi connectivity index (χ0v) is 21.0. The number of rotatable bonds is 7. The Morgan fingerprint density at radius 3 is 2.86 bits per heavy atom. The van der Waals surface area contributed by atoms with Crippen LogP contribution in [0.4, 0.5) is 8.78 Å². The third kappa shape index (κ3) is 6.37. The molecule has 0 amide bonds. The molecule has 2 aromatic carbocycles. The SMILES string of the molecule is COc1ccc2ncc(Cl)c([C@@H](O)CC[C@H]3CCN(CC#Cc4cc(F)ccc4F)C[C@H]3C(=O)O)c2c1. The minimum atomic E-state index is -0.912. The summed E-state index contributed by atoms with van der Waals surface area (Å²) in [5, 5.41) is 21.9. The number of piperidine rings is 1. The lowest BCUT2D eigenvalue weighted by Crippen LogP contribution is -2.44. The monoisotopic (exact) mass is 528 g/mol. The van der Waals surface area contributed by atoms with Gasteiger partial charge in [-0.15, -0.1) is 0 Å². The van der Waals surface area contributed by atoms with Gasteiger partial charge in [0.25, 0.3) is 0 Å². The van der Waals surface area contributed by atoms with Gasteiger partial charge in [-0.1, -0.05) is 23.4 Å². The van der Waals surface area contributed by atoms with Gasteiger partial charge in [-0.2, -0.15) is 0 Å². The molecule has 1 aliphatic heterocycles. The predicted molar refractivity (Wildman–Crippen MR) is 136 cm³/mol. The van der Waals surface area contributed by atoms with Crippen LogP contribution >= 0.6 is 11.6 Å². The van der Waals surface area contributed by atoms with Gasteiger partial charge in [-0.3, -0.25) is 14.7 Å². The molecule has 0 unspecified atom stereocenters. The molecule has 2 N–H and O–H groups in total. The molecule has 1 aliphatic rings.